The first-order valence-electron chi connectivity index (χ1n) is 3.41. The Balaban J connectivity index is 2.96. The number of nitrogens with zero attached hydrogens (tertiary/aromatic N) is 1. The predicted octanol–water partition coefficient (Wildman–Crippen LogP) is 1.58. The molecule has 3 nitrogen and oxygen atoms in total. The van der Waals surface area contributed by atoms with Gasteiger partial charge in [0.05, 0.1) is 5.02 Å². The van der Waals surface area contributed by atoms with Gasteiger partial charge in [0.2, 0.25) is 5.56 Å². The first-order valence-corrected chi connectivity index (χ1v) is 3.79. The number of hydrogen-bond acceptors (Lipinski definition) is 2. The van der Waals surface area contributed by atoms with Crippen molar-refractivity contribution < 1.29 is 0 Å². The number of aromatic amines is 1. The third-order valence-electron chi connectivity index (χ3n) is 1.58. The molecule has 0 aliphatic carbocycles. The van der Waals surface area contributed by atoms with Crippen LogP contribution < -0.4 is 5.56 Å². The zero-order chi connectivity index (χ0) is 8.55. The average Bonchev–Trinajstić information content (AvgIpc) is 2.04. The highest BCUT2D eigenvalue weighted by Crippen LogP contribution is 2.17. The summed E-state index contributed by atoms with van der Waals surface area (Å²) in [6, 6.07) is 4.77. The Morgan fingerprint density at radius 2 is 2.17 bits per heavy atom. The molecule has 0 fully saturated rings. The highest BCUT2D eigenvalue weighted by molar-refractivity contribution is 6.35. The van der Waals surface area contributed by atoms with Crippen LogP contribution in [-0.4, -0.2) is 9.97 Å². The molecule has 0 saturated heterocycles. The number of H-pyrrole nitrogens is 1. The lowest BCUT2D eigenvalue weighted by Gasteiger charge is -1.96. The first kappa shape index (κ1) is 7.31. The number of nitrogens with one attached hydrogen (secondary N) is 1. The second kappa shape index (κ2) is 2.60. The van der Waals surface area contributed by atoms with Gasteiger partial charge in [-0.15, -0.1) is 0 Å². The largest absolute Gasteiger partial charge is 0.307 e. The molecule has 0 unspecified atom stereocenters. The number of rotatable bonds is 0. The first-order chi connectivity index (χ1) is 5.77. The summed E-state index contributed by atoms with van der Waals surface area (Å²) < 4.78 is 0. The molecule has 1 N–H and O–H groups in total. The average molecular weight is 181 g/mol. The van der Waals surface area contributed by atoms with E-state index in [1.165, 1.54) is 6.07 Å². The van der Waals surface area contributed by atoms with Gasteiger partial charge in [-0.05, 0) is 12.1 Å². The minimum atomic E-state index is -0.169. The molecule has 0 aliphatic heterocycles. The molecule has 0 spiro atoms. The molecule has 0 bridgehead atoms. The minimum absolute atomic E-state index is 0.169. The lowest BCUT2D eigenvalue weighted by Crippen LogP contribution is -2.03. The van der Waals surface area contributed by atoms with Gasteiger partial charge in [0.1, 0.15) is 5.65 Å². The molecule has 4 heteroatoms. The Morgan fingerprint density at radius 1 is 1.33 bits per heavy atom. The summed E-state index contributed by atoms with van der Waals surface area (Å²) in [6.45, 7) is 0. The van der Waals surface area contributed by atoms with Crippen molar-refractivity contribution in [3.63, 3.8) is 0 Å². The molecule has 0 radical (unpaired) electrons. The van der Waals surface area contributed by atoms with E-state index in [1.807, 2.05) is 0 Å². The van der Waals surface area contributed by atoms with Gasteiger partial charge in [-0.25, -0.2) is 4.98 Å². The van der Waals surface area contributed by atoms with Crippen LogP contribution in [-0.2, 0) is 0 Å². The van der Waals surface area contributed by atoms with Gasteiger partial charge in [0, 0.05) is 17.6 Å². The van der Waals surface area contributed by atoms with E-state index in [-0.39, 0.29) is 5.56 Å². The Kier molecular flexibility index (Phi) is 1.59. The Labute approximate surface area is 73.0 Å². The number of fused-ring (bicyclic) bond motifs is 1. The zero-order valence-electron chi connectivity index (χ0n) is 6.04. The second-order valence-corrected chi connectivity index (χ2v) is 2.78. The Hall–Kier alpha value is -1.35. The molecular formula is C8H5ClN2O. The van der Waals surface area contributed by atoms with E-state index in [2.05, 4.69) is 9.97 Å². The summed E-state index contributed by atoms with van der Waals surface area (Å²) >= 11 is 5.85. The monoisotopic (exact) mass is 180 g/mol. The summed E-state index contributed by atoms with van der Waals surface area (Å²) in [5, 5.41) is 1.36. The van der Waals surface area contributed by atoms with Gasteiger partial charge in [-0.2, -0.15) is 0 Å². The van der Waals surface area contributed by atoms with Crippen LogP contribution in [0, 0.1) is 0 Å². The van der Waals surface area contributed by atoms with Gasteiger partial charge in [0.15, 0.2) is 0 Å². The fraction of sp³-hybridized carbons (Fsp3) is 0. The van der Waals surface area contributed by atoms with E-state index in [1.54, 1.807) is 18.3 Å². The van der Waals surface area contributed by atoms with Crippen molar-refractivity contribution in [2.75, 3.05) is 0 Å². The number of halogens is 1. The van der Waals surface area contributed by atoms with Crippen molar-refractivity contribution in [3.05, 3.63) is 39.8 Å². The molecule has 0 aliphatic rings. The molecule has 0 aromatic carbocycles. The van der Waals surface area contributed by atoms with Crippen molar-refractivity contribution in [3.8, 4) is 0 Å². The van der Waals surface area contributed by atoms with Crippen LogP contribution in [0.15, 0.2) is 29.2 Å². The van der Waals surface area contributed by atoms with Crippen LogP contribution in [0.1, 0.15) is 0 Å². The number of hydrogen-bond donors (Lipinski definition) is 1. The van der Waals surface area contributed by atoms with E-state index in [0.29, 0.717) is 10.7 Å². The maximum atomic E-state index is 10.9. The van der Waals surface area contributed by atoms with Crippen LogP contribution in [0.2, 0.25) is 5.02 Å². The van der Waals surface area contributed by atoms with Crippen molar-refractivity contribution >= 4 is 22.6 Å². The molecule has 0 amide bonds. The molecule has 12 heavy (non-hydrogen) atoms. The molecule has 2 heterocycles. The van der Waals surface area contributed by atoms with E-state index in [4.69, 9.17) is 11.6 Å². The van der Waals surface area contributed by atoms with Gasteiger partial charge < -0.3 is 4.98 Å². The second-order valence-electron chi connectivity index (χ2n) is 2.38. The van der Waals surface area contributed by atoms with Gasteiger partial charge >= 0.3 is 0 Å². The van der Waals surface area contributed by atoms with Crippen LogP contribution in [0.3, 0.4) is 0 Å². The standard InChI is InChI=1S/C8H5ClN2O/c9-6-3-4-10-8-5(6)1-2-7(12)11-8/h1-4H,(H,10,11,12). The van der Waals surface area contributed by atoms with E-state index < -0.39 is 0 Å². The fourth-order valence-electron chi connectivity index (χ4n) is 1.03. The highest BCUT2D eigenvalue weighted by atomic mass is 35.5. The lowest BCUT2D eigenvalue weighted by molar-refractivity contribution is 1.23. The Morgan fingerprint density at radius 3 is 3.00 bits per heavy atom. The van der Waals surface area contributed by atoms with Crippen LogP contribution in [0.25, 0.3) is 11.0 Å². The topological polar surface area (TPSA) is 45.8 Å². The number of pyridine rings is 2. The van der Waals surface area contributed by atoms with Crippen molar-refractivity contribution in [2.45, 2.75) is 0 Å². The molecule has 0 atom stereocenters. The highest BCUT2D eigenvalue weighted by Gasteiger charge is 1.98. The fourth-order valence-corrected chi connectivity index (χ4v) is 1.23. The summed E-state index contributed by atoms with van der Waals surface area (Å²) in [4.78, 5) is 17.4. The molecule has 2 aromatic heterocycles. The predicted molar refractivity (Wildman–Crippen MR) is 47.4 cm³/mol. The van der Waals surface area contributed by atoms with Crippen molar-refractivity contribution in [1.82, 2.24) is 9.97 Å². The normalized spacial score (nSPS) is 10.4. The summed E-state index contributed by atoms with van der Waals surface area (Å²) in [5.41, 5.74) is 0.354. The molecule has 2 aromatic rings. The van der Waals surface area contributed by atoms with Crippen molar-refractivity contribution in [2.24, 2.45) is 0 Å². The lowest BCUT2D eigenvalue weighted by atomic mass is 10.3. The minimum Gasteiger partial charge on any atom is -0.307 e. The van der Waals surface area contributed by atoms with Crippen LogP contribution >= 0.6 is 11.6 Å². The van der Waals surface area contributed by atoms with Crippen molar-refractivity contribution in [1.29, 1.82) is 0 Å². The quantitative estimate of drug-likeness (QED) is 0.669. The van der Waals surface area contributed by atoms with Gasteiger partial charge in [-0.3, -0.25) is 4.79 Å². The molecule has 2 rings (SSSR count). The molecular weight excluding hydrogens is 176 g/mol. The third-order valence-corrected chi connectivity index (χ3v) is 1.91. The van der Waals surface area contributed by atoms with E-state index in [9.17, 15) is 4.79 Å². The van der Waals surface area contributed by atoms with Gasteiger partial charge in [-0.1, -0.05) is 11.6 Å². The number of aromatic nitrogens is 2. The van der Waals surface area contributed by atoms with E-state index >= 15 is 0 Å². The smallest absolute Gasteiger partial charge is 0.249 e. The van der Waals surface area contributed by atoms with Gasteiger partial charge in [0.25, 0.3) is 0 Å². The third kappa shape index (κ3) is 1.08. The maximum absolute atomic E-state index is 10.9. The zero-order valence-corrected chi connectivity index (χ0v) is 6.80. The molecule has 0 saturated carbocycles. The summed E-state index contributed by atoms with van der Waals surface area (Å²) in [5.74, 6) is 0. The maximum Gasteiger partial charge on any atom is 0.249 e. The van der Waals surface area contributed by atoms with Crippen LogP contribution in [0.5, 0.6) is 0 Å². The Bertz CT molecular complexity index is 478. The van der Waals surface area contributed by atoms with E-state index in [0.717, 1.165) is 5.39 Å². The van der Waals surface area contributed by atoms with Crippen LogP contribution in [0.4, 0.5) is 0 Å². The summed E-state index contributed by atoms with van der Waals surface area (Å²) in [7, 11) is 0. The summed E-state index contributed by atoms with van der Waals surface area (Å²) in [6.07, 6.45) is 1.56. The SMILES string of the molecule is O=c1ccc2c(Cl)ccnc2[nH]1. The molecule has 60 valence electrons.